The Morgan fingerprint density at radius 3 is 2.44 bits per heavy atom. The van der Waals surface area contributed by atoms with Crippen LogP contribution in [0.25, 0.3) is 10.8 Å². The second-order valence-corrected chi connectivity index (χ2v) is 8.91. The van der Waals surface area contributed by atoms with E-state index >= 15 is 0 Å². The number of rotatable bonds is 10. The van der Waals surface area contributed by atoms with E-state index < -0.39 is 24.1 Å². The second kappa shape index (κ2) is 12.7. The van der Waals surface area contributed by atoms with E-state index in [9.17, 15) is 20.0 Å². The average Bonchev–Trinajstić information content (AvgIpc) is 2.95. The highest BCUT2D eigenvalue weighted by atomic mass is 16.7. The van der Waals surface area contributed by atoms with Crippen LogP contribution in [0.15, 0.2) is 84.9 Å². The molecule has 0 unspecified atom stereocenters. The van der Waals surface area contributed by atoms with E-state index in [1.165, 1.54) is 14.0 Å². The Labute approximate surface area is 226 Å². The molecule has 0 saturated carbocycles. The van der Waals surface area contributed by atoms with Crippen LogP contribution in [0.2, 0.25) is 0 Å². The van der Waals surface area contributed by atoms with Crippen LogP contribution in [0.5, 0.6) is 5.75 Å². The summed E-state index contributed by atoms with van der Waals surface area (Å²) in [6.45, 7) is 1.28. The number of ether oxygens (including phenoxy) is 3. The van der Waals surface area contributed by atoms with Gasteiger partial charge in [0.1, 0.15) is 5.75 Å². The van der Waals surface area contributed by atoms with Gasteiger partial charge in [0.15, 0.2) is 6.79 Å². The number of anilines is 1. The molecule has 0 fully saturated rings. The number of nitrogens with one attached hydrogen (secondary N) is 1. The number of fused-ring (bicyclic) bond motifs is 1. The number of aliphatic hydroxyl groups is 1. The third kappa shape index (κ3) is 6.99. The van der Waals surface area contributed by atoms with E-state index in [1.807, 2.05) is 24.3 Å². The molecular formula is C31H28N2O6. The maximum absolute atomic E-state index is 13.3. The smallest absolute Gasteiger partial charge is 0.303 e. The number of benzene rings is 4. The monoisotopic (exact) mass is 524 g/mol. The van der Waals surface area contributed by atoms with E-state index in [1.54, 1.807) is 60.7 Å². The van der Waals surface area contributed by atoms with Gasteiger partial charge in [-0.1, -0.05) is 48.5 Å². The first kappa shape index (κ1) is 27.3. The maximum atomic E-state index is 13.3. The summed E-state index contributed by atoms with van der Waals surface area (Å²) in [6.07, 6.45) is -1.93. The number of carbonyl (C=O) groups is 2. The third-order valence-corrected chi connectivity index (χ3v) is 6.09. The van der Waals surface area contributed by atoms with E-state index in [0.717, 1.165) is 10.8 Å². The Hall–Kier alpha value is -4.71. The third-order valence-electron chi connectivity index (χ3n) is 6.09. The number of hydrogen-bond acceptors (Lipinski definition) is 7. The quantitative estimate of drug-likeness (QED) is 0.216. The largest absolute Gasteiger partial charge is 0.468 e. The first-order chi connectivity index (χ1) is 18.9. The minimum absolute atomic E-state index is 0.0299. The SMILES string of the molecule is COCOc1ccc(NC(=O)[C@@H](OC(C)=O)c2ccccc2)c(C[C@H](O)c2ccc3ccc(C#N)cc3c2)c1. The van der Waals surface area contributed by atoms with Crippen molar-refractivity contribution in [3.8, 4) is 11.8 Å². The molecule has 2 N–H and O–H groups in total. The summed E-state index contributed by atoms with van der Waals surface area (Å²) in [5.74, 6) is -0.630. The summed E-state index contributed by atoms with van der Waals surface area (Å²) in [6, 6.07) is 26.9. The molecule has 4 rings (SSSR count). The predicted octanol–water partition coefficient (Wildman–Crippen LogP) is 5.21. The number of nitrogens with zero attached hydrogens (tertiary/aromatic N) is 1. The fraction of sp³-hybridized carbons (Fsp3) is 0.194. The molecule has 1 amide bonds. The van der Waals surface area contributed by atoms with Crippen molar-refractivity contribution < 1.29 is 28.9 Å². The number of hydrogen-bond donors (Lipinski definition) is 2. The van der Waals surface area contributed by atoms with Crippen molar-refractivity contribution >= 4 is 28.3 Å². The van der Waals surface area contributed by atoms with Crippen LogP contribution >= 0.6 is 0 Å². The summed E-state index contributed by atoms with van der Waals surface area (Å²) in [5.41, 5.74) is 2.75. The highest BCUT2D eigenvalue weighted by Gasteiger charge is 2.25. The van der Waals surface area contributed by atoms with Crippen molar-refractivity contribution in [2.45, 2.75) is 25.6 Å². The number of amides is 1. The molecule has 0 bridgehead atoms. The van der Waals surface area contributed by atoms with Crippen LogP contribution in [-0.2, 0) is 25.5 Å². The second-order valence-electron chi connectivity index (χ2n) is 8.91. The summed E-state index contributed by atoms with van der Waals surface area (Å²) < 4.78 is 15.9. The van der Waals surface area contributed by atoms with Gasteiger partial charge in [0.25, 0.3) is 5.91 Å². The lowest BCUT2D eigenvalue weighted by Gasteiger charge is -2.20. The zero-order valence-electron chi connectivity index (χ0n) is 21.6. The molecule has 4 aromatic rings. The fourth-order valence-electron chi connectivity index (χ4n) is 4.21. The maximum Gasteiger partial charge on any atom is 0.303 e. The highest BCUT2D eigenvalue weighted by Crippen LogP contribution is 2.30. The number of nitriles is 1. The van der Waals surface area contributed by atoms with Gasteiger partial charge in [0.05, 0.1) is 17.7 Å². The minimum Gasteiger partial charge on any atom is -0.468 e. The van der Waals surface area contributed by atoms with Gasteiger partial charge in [0.2, 0.25) is 6.10 Å². The van der Waals surface area contributed by atoms with Crippen LogP contribution in [0.4, 0.5) is 5.69 Å². The van der Waals surface area contributed by atoms with E-state index in [2.05, 4.69) is 11.4 Å². The number of aliphatic hydroxyl groups excluding tert-OH is 1. The number of esters is 1. The Balaban J connectivity index is 1.63. The van der Waals surface area contributed by atoms with E-state index in [-0.39, 0.29) is 13.2 Å². The molecule has 0 saturated heterocycles. The minimum atomic E-state index is -1.15. The van der Waals surface area contributed by atoms with Gasteiger partial charge in [-0.05, 0) is 58.3 Å². The Morgan fingerprint density at radius 1 is 0.949 bits per heavy atom. The zero-order valence-corrected chi connectivity index (χ0v) is 21.6. The number of carbonyl (C=O) groups excluding carboxylic acids is 2. The topological polar surface area (TPSA) is 118 Å². The summed E-state index contributed by atoms with van der Waals surface area (Å²) in [5, 5.41) is 25.1. The lowest BCUT2D eigenvalue weighted by atomic mass is 9.97. The van der Waals surface area contributed by atoms with Gasteiger partial charge in [-0.15, -0.1) is 0 Å². The molecule has 0 radical (unpaired) electrons. The van der Waals surface area contributed by atoms with Crippen LogP contribution in [0, 0.1) is 11.3 Å². The molecule has 39 heavy (non-hydrogen) atoms. The van der Waals surface area contributed by atoms with Crippen LogP contribution in [0.1, 0.15) is 41.4 Å². The average molecular weight is 525 g/mol. The van der Waals surface area contributed by atoms with Crippen LogP contribution < -0.4 is 10.1 Å². The Kier molecular flexibility index (Phi) is 8.90. The van der Waals surface area contributed by atoms with Gasteiger partial charge in [-0.25, -0.2) is 0 Å². The molecule has 2 atom stereocenters. The summed E-state index contributed by atoms with van der Waals surface area (Å²) in [4.78, 5) is 25.0. The van der Waals surface area contributed by atoms with Crippen molar-refractivity contribution in [2.24, 2.45) is 0 Å². The molecule has 0 aliphatic heterocycles. The molecule has 8 heteroatoms. The molecule has 0 aliphatic carbocycles. The lowest BCUT2D eigenvalue weighted by molar-refractivity contribution is -0.152. The van der Waals surface area contributed by atoms with Crippen molar-refractivity contribution in [2.75, 3.05) is 19.2 Å². The Morgan fingerprint density at radius 2 is 1.72 bits per heavy atom. The molecule has 0 aliphatic rings. The molecular weight excluding hydrogens is 496 g/mol. The first-order valence-electron chi connectivity index (χ1n) is 12.3. The molecule has 0 heterocycles. The van der Waals surface area contributed by atoms with Crippen molar-refractivity contribution in [3.05, 3.63) is 107 Å². The zero-order chi connectivity index (χ0) is 27.8. The standard InChI is InChI=1S/C31H28N2O6/c1-20(34)39-30(23-6-4-3-5-7-23)31(36)33-28-13-12-27(38-19-37-2)16-26(28)17-29(35)24-11-10-22-9-8-21(18-32)14-25(22)15-24/h3-16,29-30,35H,17,19H2,1-2H3,(H,33,36)/t29-,30-/m0/s1. The van der Waals surface area contributed by atoms with Crippen LogP contribution in [-0.4, -0.2) is 30.9 Å². The molecule has 0 spiro atoms. The van der Waals surface area contributed by atoms with Gasteiger partial charge < -0.3 is 24.6 Å². The summed E-state index contributed by atoms with van der Waals surface area (Å²) >= 11 is 0. The van der Waals surface area contributed by atoms with Gasteiger partial charge >= 0.3 is 5.97 Å². The predicted molar refractivity (Wildman–Crippen MR) is 146 cm³/mol. The first-order valence-corrected chi connectivity index (χ1v) is 12.3. The number of methoxy groups -OCH3 is 1. The molecule has 198 valence electrons. The molecule has 8 nitrogen and oxygen atoms in total. The van der Waals surface area contributed by atoms with E-state index in [0.29, 0.717) is 33.7 Å². The summed E-state index contributed by atoms with van der Waals surface area (Å²) in [7, 11) is 1.51. The fourth-order valence-corrected chi connectivity index (χ4v) is 4.21. The molecule has 4 aromatic carbocycles. The normalized spacial score (nSPS) is 12.3. The van der Waals surface area contributed by atoms with Gasteiger partial charge in [-0.2, -0.15) is 5.26 Å². The lowest BCUT2D eigenvalue weighted by Crippen LogP contribution is -2.25. The molecule has 0 aromatic heterocycles. The Bertz CT molecular complexity index is 1510. The van der Waals surface area contributed by atoms with Crippen LogP contribution in [0.3, 0.4) is 0 Å². The highest BCUT2D eigenvalue weighted by molar-refractivity contribution is 5.96. The van der Waals surface area contributed by atoms with E-state index in [4.69, 9.17) is 14.2 Å². The van der Waals surface area contributed by atoms with Gasteiger partial charge in [0, 0.05) is 31.7 Å². The van der Waals surface area contributed by atoms with Crippen molar-refractivity contribution in [3.63, 3.8) is 0 Å². The van der Waals surface area contributed by atoms with Crippen molar-refractivity contribution in [1.82, 2.24) is 0 Å². The van der Waals surface area contributed by atoms with Crippen molar-refractivity contribution in [1.29, 1.82) is 5.26 Å². The van der Waals surface area contributed by atoms with Gasteiger partial charge in [-0.3, -0.25) is 9.59 Å².